The monoisotopic (exact) mass is 182 g/mol. The highest BCUT2D eigenvalue weighted by Crippen LogP contribution is 2.09. The summed E-state index contributed by atoms with van der Waals surface area (Å²) in [5, 5.41) is 18.3. The standard InChI is InChI=1S/C8H10N2O3/c11-8-3-1-7(2-4-8)5-6-9-10(12)13/h1-4,9,11H,5-6H2. The highest BCUT2D eigenvalue weighted by Gasteiger charge is 1.96. The third kappa shape index (κ3) is 3.42. The highest BCUT2D eigenvalue weighted by atomic mass is 16.7. The first-order valence-corrected chi connectivity index (χ1v) is 3.84. The Morgan fingerprint density at radius 2 is 2.00 bits per heavy atom. The average Bonchev–Trinajstić information content (AvgIpc) is 2.08. The Hall–Kier alpha value is -1.78. The minimum atomic E-state index is -0.569. The van der Waals surface area contributed by atoms with E-state index >= 15 is 0 Å². The van der Waals surface area contributed by atoms with Gasteiger partial charge in [0.1, 0.15) is 5.75 Å². The summed E-state index contributed by atoms with van der Waals surface area (Å²) in [6.07, 6.45) is 0.571. The zero-order valence-electron chi connectivity index (χ0n) is 6.93. The van der Waals surface area contributed by atoms with Gasteiger partial charge in [0.05, 0.1) is 6.54 Å². The molecule has 0 amide bonds. The Morgan fingerprint density at radius 1 is 1.38 bits per heavy atom. The van der Waals surface area contributed by atoms with Crippen LogP contribution >= 0.6 is 0 Å². The lowest BCUT2D eigenvalue weighted by atomic mass is 10.1. The van der Waals surface area contributed by atoms with Crippen LogP contribution in [0.25, 0.3) is 0 Å². The Labute approximate surface area is 75.1 Å². The number of phenolic OH excluding ortho intramolecular Hbond substituents is 1. The average molecular weight is 182 g/mol. The highest BCUT2D eigenvalue weighted by molar-refractivity contribution is 5.25. The van der Waals surface area contributed by atoms with Crippen molar-refractivity contribution in [3.8, 4) is 5.75 Å². The molecule has 1 aromatic carbocycles. The summed E-state index contributed by atoms with van der Waals surface area (Å²) in [4.78, 5) is 9.90. The van der Waals surface area contributed by atoms with Crippen LogP contribution in [0.3, 0.4) is 0 Å². The number of rotatable bonds is 4. The lowest BCUT2D eigenvalue weighted by molar-refractivity contribution is -0.543. The van der Waals surface area contributed by atoms with E-state index in [0.29, 0.717) is 6.42 Å². The summed E-state index contributed by atoms with van der Waals surface area (Å²) in [5.74, 6) is 0.200. The number of aromatic hydroxyl groups is 1. The molecule has 1 aromatic rings. The fourth-order valence-electron chi connectivity index (χ4n) is 0.954. The molecular weight excluding hydrogens is 172 g/mol. The van der Waals surface area contributed by atoms with Crippen molar-refractivity contribution < 1.29 is 10.1 Å². The molecule has 2 N–H and O–H groups in total. The molecule has 1 rings (SSSR count). The van der Waals surface area contributed by atoms with E-state index in [0.717, 1.165) is 5.56 Å². The van der Waals surface area contributed by atoms with Crippen LogP contribution in [0, 0.1) is 10.1 Å². The lowest BCUT2D eigenvalue weighted by Crippen LogP contribution is -2.23. The van der Waals surface area contributed by atoms with Crippen LogP contribution in [0.15, 0.2) is 24.3 Å². The van der Waals surface area contributed by atoms with Crippen molar-refractivity contribution in [2.75, 3.05) is 6.54 Å². The zero-order chi connectivity index (χ0) is 9.68. The number of phenols is 1. The molecule has 5 heteroatoms. The van der Waals surface area contributed by atoms with Crippen molar-refractivity contribution in [2.45, 2.75) is 6.42 Å². The molecule has 0 atom stereocenters. The molecule has 0 aliphatic heterocycles. The van der Waals surface area contributed by atoms with Crippen molar-refractivity contribution in [3.63, 3.8) is 0 Å². The second-order valence-corrected chi connectivity index (χ2v) is 2.58. The molecule has 0 aliphatic carbocycles. The van der Waals surface area contributed by atoms with Gasteiger partial charge in [-0.3, -0.25) is 0 Å². The summed E-state index contributed by atoms with van der Waals surface area (Å²) >= 11 is 0. The topological polar surface area (TPSA) is 75.4 Å². The molecule has 70 valence electrons. The summed E-state index contributed by atoms with van der Waals surface area (Å²) in [6, 6.07) is 6.58. The van der Waals surface area contributed by atoms with Crippen molar-refractivity contribution in [2.24, 2.45) is 0 Å². The molecule has 13 heavy (non-hydrogen) atoms. The number of nitrogens with zero attached hydrogens (tertiary/aromatic N) is 1. The van der Waals surface area contributed by atoms with Crippen molar-refractivity contribution >= 4 is 0 Å². The second kappa shape index (κ2) is 4.30. The van der Waals surface area contributed by atoms with Gasteiger partial charge in [-0.2, -0.15) is 0 Å². The van der Waals surface area contributed by atoms with E-state index in [4.69, 9.17) is 5.11 Å². The predicted octanol–water partition coefficient (Wildman–Crippen LogP) is 0.716. The van der Waals surface area contributed by atoms with Gasteiger partial charge < -0.3 is 5.11 Å². The molecule has 0 bridgehead atoms. The van der Waals surface area contributed by atoms with E-state index < -0.39 is 5.03 Å². The van der Waals surface area contributed by atoms with Crippen LogP contribution in [-0.4, -0.2) is 16.7 Å². The Bertz CT molecular complexity index is 284. The van der Waals surface area contributed by atoms with Crippen LogP contribution in [0.4, 0.5) is 0 Å². The third-order valence-corrected chi connectivity index (χ3v) is 1.59. The van der Waals surface area contributed by atoms with Crippen molar-refractivity contribution in [3.05, 3.63) is 39.9 Å². The van der Waals surface area contributed by atoms with Crippen LogP contribution in [0.5, 0.6) is 5.75 Å². The van der Waals surface area contributed by atoms with Crippen molar-refractivity contribution in [1.82, 2.24) is 5.43 Å². The number of hydrogen-bond donors (Lipinski definition) is 2. The van der Waals surface area contributed by atoms with Gasteiger partial charge in [0.15, 0.2) is 5.03 Å². The van der Waals surface area contributed by atoms with Gasteiger partial charge in [-0.25, -0.2) is 10.1 Å². The lowest BCUT2D eigenvalue weighted by Gasteiger charge is -1.99. The summed E-state index contributed by atoms with van der Waals surface area (Å²) < 4.78 is 0. The minimum Gasteiger partial charge on any atom is -0.508 e. The van der Waals surface area contributed by atoms with E-state index in [1.807, 2.05) is 0 Å². The van der Waals surface area contributed by atoms with Crippen LogP contribution in [0.2, 0.25) is 0 Å². The number of hydrazine groups is 1. The first-order chi connectivity index (χ1) is 6.18. The van der Waals surface area contributed by atoms with Gasteiger partial charge in [0.25, 0.3) is 0 Å². The minimum absolute atomic E-state index is 0.200. The van der Waals surface area contributed by atoms with Crippen LogP contribution < -0.4 is 5.43 Å². The van der Waals surface area contributed by atoms with Gasteiger partial charge in [-0.05, 0) is 24.1 Å². The number of hydrogen-bond acceptors (Lipinski definition) is 3. The summed E-state index contributed by atoms with van der Waals surface area (Å²) in [6.45, 7) is 0.289. The third-order valence-electron chi connectivity index (χ3n) is 1.59. The normalized spacial score (nSPS) is 9.54. The molecule has 0 saturated heterocycles. The summed E-state index contributed by atoms with van der Waals surface area (Å²) in [5.41, 5.74) is 3.02. The fraction of sp³-hybridized carbons (Fsp3) is 0.250. The van der Waals surface area contributed by atoms with Gasteiger partial charge in [0.2, 0.25) is 0 Å². The molecule has 5 nitrogen and oxygen atoms in total. The maximum Gasteiger partial charge on any atom is 0.157 e. The van der Waals surface area contributed by atoms with Crippen LogP contribution in [0.1, 0.15) is 5.56 Å². The molecular formula is C8H10N2O3. The fourth-order valence-corrected chi connectivity index (χ4v) is 0.954. The van der Waals surface area contributed by atoms with Crippen LogP contribution in [-0.2, 0) is 6.42 Å². The van der Waals surface area contributed by atoms with E-state index in [1.165, 1.54) is 0 Å². The first kappa shape index (κ1) is 9.31. The first-order valence-electron chi connectivity index (χ1n) is 3.84. The van der Waals surface area contributed by atoms with E-state index in [2.05, 4.69) is 5.43 Å². The van der Waals surface area contributed by atoms with Gasteiger partial charge >= 0.3 is 0 Å². The van der Waals surface area contributed by atoms with E-state index in [9.17, 15) is 10.1 Å². The maximum absolute atomic E-state index is 9.90. The SMILES string of the molecule is O=[N+]([O-])NCCc1ccc(O)cc1. The quantitative estimate of drug-likeness (QED) is 0.531. The van der Waals surface area contributed by atoms with E-state index in [-0.39, 0.29) is 12.3 Å². The van der Waals surface area contributed by atoms with E-state index in [1.54, 1.807) is 24.3 Å². The number of nitro groups is 1. The zero-order valence-corrected chi connectivity index (χ0v) is 6.93. The number of nitrogens with one attached hydrogen (secondary N) is 1. The van der Waals surface area contributed by atoms with Gasteiger partial charge in [-0.1, -0.05) is 12.1 Å². The molecule has 0 spiro atoms. The molecule has 0 aromatic heterocycles. The molecule has 0 radical (unpaired) electrons. The smallest absolute Gasteiger partial charge is 0.157 e. The molecule has 0 saturated carbocycles. The molecule has 0 unspecified atom stereocenters. The van der Waals surface area contributed by atoms with Crippen molar-refractivity contribution in [1.29, 1.82) is 0 Å². The second-order valence-electron chi connectivity index (χ2n) is 2.58. The maximum atomic E-state index is 9.90. The number of benzene rings is 1. The van der Waals surface area contributed by atoms with Gasteiger partial charge in [-0.15, -0.1) is 5.43 Å². The molecule has 0 aliphatic rings. The predicted molar refractivity (Wildman–Crippen MR) is 46.8 cm³/mol. The largest absolute Gasteiger partial charge is 0.508 e. The Kier molecular flexibility index (Phi) is 3.08. The Balaban J connectivity index is 2.37. The Morgan fingerprint density at radius 3 is 2.54 bits per heavy atom. The molecule has 0 heterocycles. The van der Waals surface area contributed by atoms with Gasteiger partial charge in [0, 0.05) is 0 Å². The molecule has 0 fully saturated rings. The summed E-state index contributed by atoms with van der Waals surface area (Å²) in [7, 11) is 0.